The zero-order chi connectivity index (χ0) is 16.9. The molecule has 0 unspecified atom stereocenters. The first-order valence-electron chi connectivity index (χ1n) is 8.21. The van der Waals surface area contributed by atoms with E-state index in [1.54, 1.807) is 0 Å². The molecular weight excluding hydrogens is 304 g/mol. The summed E-state index contributed by atoms with van der Waals surface area (Å²) in [7, 11) is 0. The number of benzene rings is 1. The van der Waals surface area contributed by atoms with Crippen molar-refractivity contribution in [3.05, 3.63) is 42.0 Å². The molecule has 2 heterocycles. The molecule has 1 aromatic carbocycles. The first-order chi connectivity index (χ1) is 11.7. The third-order valence-corrected chi connectivity index (χ3v) is 3.69. The topological polar surface area (TPSA) is 77.2 Å². The Morgan fingerprint density at radius 2 is 2.00 bits per heavy atom. The van der Waals surface area contributed by atoms with Crippen molar-refractivity contribution in [3.63, 3.8) is 0 Å². The van der Waals surface area contributed by atoms with Gasteiger partial charge < -0.3 is 10.1 Å². The van der Waals surface area contributed by atoms with E-state index < -0.39 is 0 Å². The van der Waals surface area contributed by atoms with Crippen molar-refractivity contribution >= 4 is 11.5 Å². The SMILES string of the molecule is CCOc1ccccc1[C@H](CC(C)C)Nc1ccc2nnnn2n1. The lowest BCUT2D eigenvalue weighted by molar-refractivity contribution is 0.333. The molecule has 2 aromatic heterocycles. The second-order valence-electron chi connectivity index (χ2n) is 6.04. The molecule has 7 heteroatoms. The van der Waals surface area contributed by atoms with Gasteiger partial charge in [0.15, 0.2) is 5.65 Å². The molecule has 0 aliphatic carbocycles. The molecule has 126 valence electrons. The fourth-order valence-electron chi connectivity index (χ4n) is 2.70. The van der Waals surface area contributed by atoms with Crippen LogP contribution in [0.3, 0.4) is 0 Å². The van der Waals surface area contributed by atoms with E-state index >= 15 is 0 Å². The minimum Gasteiger partial charge on any atom is -0.494 e. The zero-order valence-electron chi connectivity index (χ0n) is 14.2. The predicted molar refractivity (Wildman–Crippen MR) is 92.0 cm³/mol. The normalized spacial score (nSPS) is 12.5. The number of rotatable bonds is 7. The van der Waals surface area contributed by atoms with Crippen LogP contribution in [-0.4, -0.2) is 31.9 Å². The summed E-state index contributed by atoms with van der Waals surface area (Å²) in [4.78, 5) is 0. The van der Waals surface area contributed by atoms with E-state index in [9.17, 15) is 0 Å². The van der Waals surface area contributed by atoms with Crippen molar-refractivity contribution < 1.29 is 4.74 Å². The maximum Gasteiger partial charge on any atom is 0.200 e. The van der Waals surface area contributed by atoms with E-state index in [1.807, 2.05) is 37.3 Å². The lowest BCUT2D eigenvalue weighted by Crippen LogP contribution is -2.16. The van der Waals surface area contributed by atoms with E-state index in [-0.39, 0.29) is 6.04 Å². The van der Waals surface area contributed by atoms with Gasteiger partial charge in [-0.05, 0) is 47.9 Å². The van der Waals surface area contributed by atoms with E-state index in [2.05, 4.69) is 45.9 Å². The van der Waals surface area contributed by atoms with Gasteiger partial charge in [0.2, 0.25) is 0 Å². The number of ether oxygens (including phenoxy) is 1. The van der Waals surface area contributed by atoms with Gasteiger partial charge in [0.05, 0.1) is 12.6 Å². The quantitative estimate of drug-likeness (QED) is 0.719. The minimum atomic E-state index is 0.0918. The van der Waals surface area contributed by atoms with Gasteiger partial charge in [-0.15, -0.1) is 14.8 Å². The smallest absolute Gasteiger partial charge is 0.200 e. The van der Waals surface area contributed by atoms with Gasteiger partial charge in [0, 0.05) is 5.56 Å². The van der Waals surface area contributed by atoms with Crippen LogP contribution in [0.1, 0.15) is 38.8 Å². The molecule has 0 spiro atoms. The molecule has 24 heavy (non-hydrogen) atoms. The Morgan fingerprint density at radius 1 is 1.17 bits per heavy atom. The Bertz CT molecular complexity index is 800. The Balaban J connectivity index is 1.91. The second-order valence-corrected chi connectivity index (χ2v) is 6.04. The van der Waals surface area contributed by atoms with Gasteiger partial charge in [-0.2, -0.15) is 0 Å². The lowest BCUT2D eigenvalue weighted by Gasteiger charge is -2.23. The largest absolute Gasteiger partial charge is 0.494 e. The first-order valence-corrected chi connectivity index (χ1v) is 8.21. The molecule has 3 rings (SSSR count). The number of anilines is 1. The summed E-state index contributed by atoms with van der Waals surface area (Å²) in [5.41, 5.74) is 1.75. The molecular formula is C17H22N6O. The number of nitrogens with zero attached hydrogens (tertiary/aromatic N) is 5. The number of nitrogens with one attached hydrogen (secondary N) is 1. The molecule has 0 bridgehead atoms. The van der Waals surface area contributed by atoms with Crippen LogP contribution in [0, 0.1) is 5.92 Å². The number of aromatic nitrogens is 5. The molecule has 7 nitrogen and oxygen atoms in total. The van der Waals surface area contributed by atoms with Crippen LogP contribution in [0.4, 0.5) is 5.82 Å². The first kappa shape index (κ1) is 16.2. The van der Waals surface area contributed by atoms with E-state index in [0.29, 0.717) is 18.2 Å². The van der Waals surface area contributed by atoms with Crippen LogP contribution >= 0.6 is 0 Å². The Labute approximate surface area is 141 Å². The third-order valence-electron chi connectivity index (χ3n) is 3.69. The van der Waals surface area contributed by atoms with E-state index in [1.165, 1.54) is 4.63 Å². The standard InChI is InChI=1S/C17H22N6O/c1-4-24-15-8-6-5-7-13(15)14(11-12(2)3)18-16-9-10-17-19-21-22-23(17)20-16/h5-10,12,14H,4,11H2,1-3H3,(H,18,20)/t14-/m0/s1. The minimum absolute atomic E-state index is 0.0918. The van der Waals surface area contributed by atoms with Crippen molar-refractivity contribution in [2.24, 2.45) is 5.92 Å². The summed E-state index contributed by atoms with van der Waals surface area (Å²) in [6.07, 6.45) is 0.958. The third kappa shape index (κ3) is 3.61. The highest BCUT2D eigenvalue weighted by atomic mass is 16.5. The van der Waals surface area contributed by atoms with E-state index in [4.69, 9.17) is 4.74 Å². The fourth-order valence-corrected chi connectivity index (χ4v) is 2.70. The predicted octanol–water partition coefficient (Wildman–Crippen LogP) is 3.12. The van der Waals surface area contributed by atoms with Crippen molar-refractivity contribution in [2.45, 2.75) is 33.2 Å². The van der Waals surface area contributed by atoms with Gasteiger partial charge in [-0.25, -0.2) is 0 Å². The number of fused-ring (bicyclic) bond motifs is 1. The average molecular weight is 326 g/mol. The summed E-state index contributed by atoms with van der Waals surface area (Å²) < 4.78 is 7.22. The van der Waals surface area contributed by atoms with Gasteiger partial charge >= 0.3 is 0 Å². The highest BCUT2D eigenvalue weighted by Crippen LogP contribution is 2.32. The molecule has 0 saturated carbocycles. The number of hydrogen-bond acceptors (Lipinski definition) is 6. The molecule has 0 saturated heterocycles. The highest BCUT2D eigenvalue weighted by molar-refractivity contribution is 5.46. The number of tetrazole rings is 1. The maximum atomic E-state index is 5.80. The van der Waals surface area contributed by atoms with Crippen molar-refractivity contribution in [1.82, 2.24) is 25.3 Å². The Hall–Kier alpha value is -2.70. The molecule has 0 fully saturated rings. The van der Waals surface area contributed by atoms with E-state index in [0.717, 1.165) is 23.6 Å². The summed E-state index contributed by atoms with van der Waals surface area (Å²) in [5, 5.41) is 19.3. The van der Waals surface area contributed by atoms with Crippen LogP contribution in [0.5, 0.6) is 5.75 Å². The molecule has 0 radical (unpaired) electrons. The Morgan fingerprint density at radius 3 is 2.79 bits per heavy atom. The van der Waals surface area contributed by atoms with Crippen LogP contribution in [-0.2, 0) is 0 Å². The zero-order valence-corrected chi connectivity index (χ0v) is 14.2. The van der Waals surface area contributed by atoms with Gasteiger partial charge in [0.25, 0.3) is 0 Å². The summed E-state index contributed by atoms with van der Waals surface area (Å²) in [6.45, 7) is 7.04. The van der Waals surface area contributed by atoms with Crippen LogP contribution in [0.2, 0.25) is 0 Å². The molecule has 3 aromatic rings. The molecule has 0 aliphatic heterocycles. The summed E-state index contributed by atoms with van der Waals surface area (Å²) >= 11 is 0. The number of hydrogen-bond donors (Lipinski definition) is 1. The average Bonchev–Trinajstić information content (AvgIpc) is 3.02. The van der Waals surface area contributed by atoms with Crippen LogP contribution in [0.25, 0.3) is 5.65 Å². The van der Waals surface area contributed by atoms with Crippen molar-refractivity contribution in [3.8, 4) is 5.75 Å². The van der Waals surface area contributed by atoms with Gasteiger partial charge in [-0.1, -0.05) is 32.0 Å². The molecule has 0 aliphatic rings. The summed E-state index contributed by atoms with van der Waals surface area (Å²) in [5.74, 6) is 2.15. The van der Waals surface area contributed by atoms with Gasteiger partial charge in [0.1, 0.15) is 11.6 Å². The Kier molecular flexibility index (Phi) is 4.88. The van der Waals surface area contributed by atoms with Gasteiger partial charge in [-0.3, -0.25) is 0 Å². The summed E-state index contributed by atoms with van der Waals surface area (Å²) in [6, 6.07) is 12.0. The molecule has 1 N–H and O–H groups in total. The van der Waals surface area contributed by atoms with Crippen molar-refractivity contribution in [1.29, 1.82) is 0 Å². The fraction of sp³-hybridized carbons (Fsp3) is 0.412. The van der Waals surface area contributed by atoms with Crippen LogP contribution in [0.15, 0.2) is 36.4 Å². The van der Waals surface area contributed by atoms with Crippen molar-refractivity contribution in [2.75, 3.05) is 11.9 Å². The maximum absolute atomic E-state index is 5.80. The molecule has 0 amide bonds. The monoisotopic (exact) mass is 326 g/mol. The highest BCUT2D eigenvalue weighted by Gasteiger charge is 2.18. The van der Waals surface area contributed by atoms with Crippen LogP contribution < -0.4 is 10.1 Å². The number of para-hydroxylation sites is 1. The lowest BCUT2D eigenvalue weighted by atomic mass is 9.96. The molecule has 1 atom stereocenters. The second kappa shape index (κ2) is 7.25.